The van der Waals surface area contributed by atoms with Gasteiger partial charge in [0.25, 0.3) is 0 Å². The van der Waals surface area contributed by atoms with Crippen LogP contribution in [0.1, 0.15) is 19.0 Å². The van der Waals surface area contributed by atoms with Crippen LogP contribution in [0.3, 0.4) is 0 Å². The summed E-state index contributed by atoms with van der Waals surface area (Å²) >= 11 is 0. The zero-order valence-electron chi connectivity index (χ0n) is 10.0. The molecule has 1 rings (SSSR count). The summed E-state index contributed by atoms with van der Waals surface area (Å²) in [5.41, 5.74) is 0.993. The number of hydrogen-bond acceptors (Lipinski definition) is 5. The summed E-state index contributed by atoms with van der Waals surface area (Å²) in [5.74, 6) is -0.328. The van der Waals surface area contributed by atoms with E-state index in [-0.39, 0.29) is 12.5 Å². The predicted octanol–water partition coefficient (Wildman–Crippen LogP) is 1.34. The van der Waals surface area contributed by atoms with Gasteiger partial charge in [-0.05, 0) is 18.6 Å². The van der Waals surface area contributed by atoms with Gasteiger partial charge in [0.05, 0.1) is 12.8 Å². The lowest BCUT2D eigenvalue weighted by Crippen LogP contribution is -2.32. The first kappa shape index (κ1) is 13.0. The van der Waals surface area contributed by atoms with Crippen LogP contribution in [-0.2, 0) is 9.53 Å². The monoisotopic (exact) mass is 233 g/mol. The number of aromatic nitrogens is 1. The number of esters is 1. The van der Waals surface area contributed by atoms with Crippen molar-refractivity contribution in [1.29, 1.82) is 5.26 Å². The van der Waals surface area contributed by atoms with E-state index in [9.17, 15) is 4.79 Å². The Morgan fingerprint density at radius 3 is 3.00 bits per heavy atom. The minimum Gasteiger partial charge on any atom is -0.468 e. The van der Waals surface area contributed by atoms with Crippen molar-refractivity contribution in [2.24, 2.45) is 0 Å². The van der Waals surface area contributed by atoms with Gasteiger partial charge in [-0.1, -0.05) is 6.92 Å². The van der Waals surface area contributed by atoms with Crippen LogP contribution in [0, 0.1) is 11.3 Å². The van der Waals surface area contributed by atoms with Crippen LogP contribution in [0.2, 0.25) is 0 Å². The number of rotatable bonds is 5. The Morgan fingerprint density at radius 1 is 1.65 bits per heavy atom. The average Bonchev–Trinajstić information content (AvgIpc) is 2.38. The van der Waals surface area contributed by atoms with E-state index >= 15 is 0 Å². The van der Waals surface area contributed by atoms with E-state index in [4.69, 9.17) is 5.26 Å². The first-order chi connectivity index (χ1) is 8.22. The van der Waals surface area contributed by atoms with E-state index in [1.807, 2.05) is 13.0 Å². The lowest BCUT2D eigenvalue weighted by atomic mass is 10.2. The highest BCUT2D eigenvalue weighted by Crippen LogP contribution is 2.17. The molecule has 0 aliphatic heterocycles. The third-order valence-corrected chi connectivity index (χ3v) is 2.27. The van der Waals surface area contributed by atoms with Gasteiger partial charge >= 0.3 is 5.97 Å². The van der Waals surface area contributed by atoms with Crippen molar-refractivity contribution in [3.05, 3.63) is 24.0 Å². The van der Waals surface area contributed by atoms with Crippen molar-refractivity contribution < 1.29 is 9.53 Å². The van der Waals surface area contributed by atoms with Crippen molar-refractivity contribution in [3.8, 4) is 6.07 Å². The predicted molar refractivity (Wildman–Crippen MR) is 63.5 cm³/mol. The molecule has 0 spiro atoms. The van der Waals surface area contributed by atoms with Crippen LogP contribution in [0.5, 0.6) is 0 Å². The number of carbonyl (C=O) groups excluding carboxylic acids is 1. The van der Waals surface area contributed by atoms with Crippen molar-refractivity contribution in [1.82, 2.24) is 4.98 Å². The molecule has 1 heterocycles. The standard InChI is InChI=1S/C12H15N3O2/c1-3-7-15(9-12(16)17-2)11-5-4-6-14-10(11)8-13/h4-6H,3,7,9H2,1-2H3. The molecular weight excluding hydrogens is 218 g/mol. The Kier molecular flexibility index (Phi) is 4.95. The molecule has 5 nitrogen and oxygen atoms in total. The van der Waals surface area contributed by atoms with Gasteiger partial charge in [-0.25, -0.2) is 4.98 Å². The Balaban J connectivity index is 2.97. The Morgan fingerprint density at radius 2 is 2.41 bits per heavy atom. The fraction of sp³-hybridized carbons (Fsp3) is 0.417. The second kappa shape index (κ2) is 6.48. The molecule has 0 unspecified atom stereocenters. The minimum atomic E-state index is -0.328. The summed E-state index contributed by atoms with van der Waals surface area (Å²) in [6.45, 7) is 2.81. The Hall–Kier alpha value is -2.09. The Bertz CT molecular complexity index is 426. The number of nitrogens with zero attached hydrogens (tertiary/aromatic N) is 3. The lowest BCUT2D eigenvalue weighted by Gasteiger charge is -2.23. The van der Waals surface area contributed by atoms with E-state index in [0.717, 1.165) is 6.42 Å². The second-order valence-electron chi connectivity index (χ2n) is 3.48. The molecule has 17 heavy (non-hydrogen) atoms. The molecule has 0 aliphatic carbocycles. The highest BCUT2D eigenvalue weighted by atomic mass is 16.5. The quantitative estimate of drug-likeness (QED) is 0.718. The molecule has 90 valence electrons. The fourth-order valence-electron chi connectivity index (χ4n) is 1.51. The van der Waals surface area contributed by atoms with Crippen molar-refractivity contribution in [2.45, 2.75) is 13.3 Å². The maximum atomic E-state index is 11.3. The summed E-state index contributed by atoms with van der Waals surface area (Å²) in [5, 5.41) is 8.97. The first-order valence-corrected chi connectivity index (χ1v) is 5.39. The number of pyridine rings is 1. The van der Waals surface area contributed by atoms with E-state index < -0.39 is 0 Å². The molecule has 0 aromatic carbocycles. The van der Waals surface area contributed by atoms with Crippen molar-refractivity contribution >= 4 is 11.7 Å². The van der Waals surface area contributed by atoms with Crippen LogP contribution < -0.4 is 4.90 Å². The van der Waals surface area contributed by atoms with Crippen LogP contribution in [-0.4, -0.2) is 31.2 Å². The second-order valence-corrected chi connectivity index (χ2v) is 3.48. The Labute approximate surface area is 101 Å². The molecule has 0 bridgehead atoms. The fourth-order valence-corrected chi connectivity index (χ4v) is 1.51. The average molecular weight is 233 g/mol. The minimum absolute atomic E-state index is 0.130. The van der Waals surface area contributed by atoms with E-state index in [1.54, 1.807) is 23.2 Å². The van der Waals surface area contributed by atoms with Crippen molar-refractivity contribution in [3.63, 3.8) is 0 Å². The molecule has 0 saturated carbocycles. The zero-order chi connectivity index (χ0) is 12.7. The van der Waals surface area contributed by atoms with E-state index in [0.29, 0.717) is 17.9 Å². The lowest BCUT2D eigenvalue weighted by molar-refractivity contribution is -0.138. The molecule has 1 aromatic rings. The molecule has 0 atom stereocenters. The molecule has 0 saturated heterocycles. The zero-order valence-corrected chi connectivity index (χ0v) is 10.0. The summed E-state index contributed by atoms with van der Waals surface area (Å²) in [7, 11) is 1.35. The van der Waals surface area contributed by atoms with Crippen molar-refractivity contribution in [2.75, 3.05) is 25.1 Å². The first-order valence-electron chi connectivity index (χ1n) is 5.39. The van der Waals surface area contributed by atoms with Crippen LogP contribution >= 0.6 is 0 Å². The normalized spacial score (nSPS) is 9.47. The van der Waals surface area contributed by atoms with Gasteiger partial charge in [-0.2, -0.15) is 5.26 Å². The number of nitriles is 1. The van der Waals surface area contributed by atoms with Gasteiger partial charge in [-0.3, -0.25) is 4.79 Å². The third-order valence-electron chi connectivity index (χ3n) is 2.27. The van der Waals surface area contributed by atoms with Gasteiger partial charge in [-0.15, -0.1) is 0 Å². The molecule has 1 aromatic heterocycles. The molecular formula is C12H15N3O2. The van der Waals surface area contributed by atoms with Gasteiger partial charge in [0.1, 0.15) is 12.6 Å². The SMILES string of the molecule is CCCN(CC(=O)OC)c1cccnc1C#N. The van der Waals surface area contributed by atoms with Gasteiger partial charge in [0.2, 0.25) is 0 Å². The maximum absolute atomic E-state index is 11.3. The highest BCUT2D eigenvalue weighted by Gasteiger charge is 2.14. The van der Waals surface area contributed by atoms with Crippen LogP contribution in [0.4, 0.5) is 5.69 Å². The summed E-state index contributed by atoms with van der Waals surface area (Å²) < 4.78 is 4.64. The van der Waals surface area contributed by atoms with E-state index in [1.165, 1.54) is 7.11 Å². The summed E-state index contributed by atoms with van der Waals surface area (Å²) in [4.78, 5) is 17.1. The van der Waals surface area contributed by atoms with Gasteiger partial charge in [0, 0.05) is 12.7 Å². The topological polar surface area (TPSA) is 66.2 Å². The number of carbonyl (C=O) groups is 1. The largest absolute Gasteiger partial charge is 0.468 e. The molecule has 0 fully saturated rings. The van der Waals surface area contributed by atoms with E-state index in [2.05, 4.69) is 9.72 Å². The summed E-state index contributed by atoms with van der Waals surface area (Å²) in [6, 6.07) is 5.55. The molecule has 0 aliphatic rings. The summed E-state index contributed by atoms with van der Waals surface area (Å²) in [6.07, 6.45) is 2.43. The molecule has 0 radical (unpaired) electrons. The smallest absolute Gasteiger partial charge is 0.325 e. The van der Waals surface area contributed by atoms with Gasteiger partial charge < -0.3 is 9.64 Å². The van der Waals surface area contributed by atoms with Gasteiger partial charge in [0.15, 0.2) is 5.69 Å². The maximum Gasteiger partial charge on any atom is 0.325 e. The third kappa shape index (κ3) is 3.45. The number of hydrogen-bond donors (Lipinski definition) is 0. The van der Waals surface area contributed by atoms with Crippen LogP contribution in [0.15, 0.2) is 18.3 Å². The number of ether oxygens (including phenoxy) is 1. The highest BCUT2D eigenvalue weighted by molar-refractivity contribution is 5.76. The molecule has 5 heteroatoms. The number of methoxy groups -OCH3 is 1. The van der Waals surface area contributed by atoms with Crippen LogP contribution in [0.25, 0.3) is 0 Å². The number of anilines is 1. The molecule has 0 N–H and O–H groups in total. The molecule has 0 amide bonds.